The molecule has 3 rings (SSSR count). The van der Waals surface area contributed by atoms with Gasteiger partial charge in [0.2, 0.25) is 0 Å². The summed E-state index contributed by atoms with van der Waals surface area (Å²) in [6, 6.07) is 11.9. The number of carbonyl (C=O) groups is 4. The van der Waals surface area contributed by atoms with Gasteiger partial charge in [-0.15, -0.1) is 0 Å². The third kappa shape index (κ3) is 6.29. The van der Waals surface area contributed by atoms with Crippen LogP contribution in [0.25, 0.3) is 0 Å². The first-order valence-electron chi connectivity index (χ1n) is 11.2. The number of rotatable bonds is 10. The van der Waals surface area contributed by atoms with Crippen molar-refractivity contribution < 1.29 is 38.9 Å². The number of benzene rings is 2. The predicted octanol–water partition coefficient (Wildman–Crippen LogP) is 4.04. The molecule has 0 heterocycles. The van der Waals surface area contributed by atoms with Crippen LogP contribution in [0, 0.1) is 0 Å². The Morgan fingerprint density at radius 1 is 0.667 bits per heavy atom. The molecule has 2 aromatic carbocycles. The van der Waals surface area contributed by atoms with Gasteiger partial charge < -0.3 is 30.3 Å². The average molecular weight is 495 g/mol. The quantitative estimate of drug-likeness (QED) is 0.356. The van der Waals surface area contributed by atoms with E-state index in [1.165, 1.54) is 24.3 Å². The summed E-state index contributed by atoms with van der Waals surface area (Å²) < 4.78 is 10.5. The topological polar surface area (TPSA) is 151 Å². The van der Waals surface area contributed by atoms with E-state index in [9.17, 15) is 19.2 Å². The molecule has 1 aliphatic rings. The van der Waals surface area contributed by atoms with Gasteiger partial charge >= 0.3 is 23.9 Å². The Labute approximate surface area is 207 Å². The summed E-state index contributed by atoms with van der Waals surface area (Å²) in [5.41, 5.74) is 2.69. The molecular weight excluding hydrogens is 468 g/mol. The number of allylic oxidation sites excluding steroid dienone is 2. The van der Waals surface area contributed by atoms with Crippen LogP contribution in [0.5, 0.6) is 0 Å². The lowest BCUT2D eigenvalue weighted by atomic mass is 9.92. The first-order valence-corrected chi connectivity index (χ1v) is 11.2. The number of aromatic carboxylic acids is 2. The molecule has 36 heavy (non-hydrogen) atoms. The Hall–Kier alpha value is -4.60. The van der Waals surface area contributed by atoms with E-state index in [1.54, 1.807) is 38.1 Å². The molecule has 0 unspecified atom stereocenters. The molecule has 0 bridgehead atoms. The zero-order valence-corrected chi connectivity index (χ0v) is 19.8. The summed E-state index contributed by atoms with van der Waals surface area (Å²) in [5, 5.41) is 24.5. The third-order valence-electron chi connectivity index (χ3n) is 5.33. The summed E-state index contributed by atoms with van der Waals surface area (Å²) in [7, 11) is 0. The highest BCUT2D eigenvalue weighted by atomic mass is 16.5. The van der Waals surface area contributed by atoms with Crippen molar-refractivity contribution in [2.24, 2.45) is 0 Å². The number of hydrogen-bond donors (Lipinski definition) is 4. The van der Waals surface area contributed by atoms with Gasteiger partial charge in [0.1, 0.15) is 0 Å². The van der Waals surface area contributed by atoms with Crippen molar-refractivity contribution >= 4 is 35.3 Å². The third-order valence-corrected chi connectivity index (χ3v) is 5.33. The van der Waals surface area contributed by atoms with Gasteiger partial charge in [0.15, 0.2) is 0 Å². The Morgan fingerprint density at radius 2 is 1.00 bits per heavy atom. The molecule has 2 aromatic rings. The highest BCUT2D eigenvalue weighted by Gasteiger charge is 2.30. The molecule has 0 saturated heterocycles. The molecule has 0 atom stereocenters. The zero-order chi connectivity index (χ0) is 26.2. The van der Waals surface area contributed by atoms with Crippen LogP contribution < -0.4 is 10.6 Å². The fourth-order valence-corrected chi connectivity index (χ4v) is 3.59. The number of carboxylic acids is 2. The Kier molecular flexibility index (Phi) is 8.45. The van der Waals surface area contributed by atoms with Crippen molar-refractivity contribution in [1.29, 1.82) is 0 Å². The molecule has 0 amide bonds. The molecule has 1 aliphatic carbocycles. The Balaban J connectivity index is 1.97. The fraction of sp³-hybridized carbons (Fsp3) is 0.231. The number of anilines is 2. The van der Waals surface area contributed by atoms with E-state index in [0.717, 1.165) is 0 Å². The van der Waals surface area contributed by atoms with E-state index in [4.69, 9.17) is 19.7 Å². The van der Waals surface area contributed by atoms with Crippen LogP contribution in [0.15, 0.2) is 71.1 Å². The van der Waals surface area contributed by atoms with E-state index < -0.39 is 23.9 Å². The number of nitrogens with one attached hydrogen (secondary N) is 2. The van der Waals surface area contributed by atoms with E-state index >= 15 is 0 Å². The van der Waals surface area contributed by atoms with E-state index in [1.807, 2.05) is 0 Å². The van der Waals surface area contributed by atoms with Crippen LogP contribution in [0.3, 0.4) is 0 Å². The second kappa shape index (κ2) is 11.7. The number of hydrogen-bond acceptors (Lipinski definition) is 8. The highest BCUT2D eigenvalue weighted by Crippen LogP contribution is 2.33. The minimum atomic E-state index is -1.06. The maximum absolute atomic E-state index is 12.8. The Bertz CT molecular complexity index is 1130. The second-order valence-electron chi connectivity index (χ2n) is 7.72. The van der Waals surface area contributed by atoms with Crippen molar-refractivity contribution in [3.05, 3.63) is 82.2 Å². The van der Waals surface area contributed by atoms with Gasteiger partial charge in [-0.25, -0.2) is 19.2 Å². The second-order valence-corrected chi connectivity index (χ2v) is 7.72. The van der Waals surface area contributed by atoms with Crippen molar-refractivity contribution in [3.8, 4) is 0 Å². The number of esters is 2. The number of carbonyl (C=O) groups excluding carboxylic acids is 2. The SMILES string of the molecule is CCOC(=O)C1=C(Nc2ccc(C(=O)O)cc2)CC(C(=O)OCC)=C(Nc2ccc(C(=O)O)cc2)C1. The number of carboxylic acid groups (broad SMARTS) is 2. The van der Waals surface area contributed by atoms with Crippen LogP contribution in [0.1, 0.15) is 47.4 Å². The molecule has 4 N–H and O–H groups in total. The first-order chi connectivity index (χ1) is 17.2. The molecule has 0 saturated carbocycles. The molecule has 10 nitrogen and oxygen atoms in total. The van der Waals surface area contributed by atoms with E-state index in [2.05, 4.69) is 10.6 Å². The maximum Gasteiger partial charge on any atom is 0.336 e. The van der Waals surface area contributed by atoms with Gasteiger partial charge in [0, 0.05) is 35.6 Å². The first kappa shape index (κ1) is 26.0. The normalized spacial score (nSPS) is 13.2. The van der Waals surface area contributed by atoms with Gasteiger partial charge in [-0.2, -0.15) is 0 Å². The van der Waals surface area contributed by atoms with Gasteiger partial charge in [0.05, 0.1) is 35.5 Å². The lowest BCUT2D eigenvalue weighted by Gasteiger charge is -2.26. The molecule has 0 aliphatic heterocycles. The van der Waals surface area contributed by atoms with Crippen LogP contribution in [-0.4, -0.2) is 47.3 Å². The van der Waals surface area contributed by atoms with Crippen molar-refractivity contribution in [2.75, 3.05) is 23.8 Å². The van der Waals surface area contributed by atoms with Gasteiger partial charge in [-0.3, -0.25) is 0 Å². The lowest BCUT2D eigenvalue weighted by molar-refractivity contribution is -0.140. The molecular formula is C26H26N2O8. The largest absolute Gasteiger partial charge is 0.478 e. The van der Waals surface area contributed by atoms with Crippen LogP contribution in [0.2, 0.25) is 0 Å². The molecule has 10 heteroatoms. The van der Waals surface area contributed by atoms with Gasteiger partial charge in [-0.1, -0.05) is 0 Å². The van der Waals surface area contributed by atoms with Gasteiger partial charge in [-0.05, 0) is 62.4 Å². The van der Waals surface area contributed by atoms with Gasteiger partial charge in [0.25, 0.3) is 0 Å². The Morgan fingerprint density at radius 3 is 1.28 bits per heavy atom. The smallest absolute Gasteiger partial charge is 0.336 e. The summed E-state index contributed by atoms with van der Waals surface area (Å²) in [5.74, 6) is -3.26. The fourth-order valence-electron chi connectivity index (χ4n) is 3.59. The lowest BCUT2D eigenvalue weighted by Crippen LogP contribution is -2.25. The molecule has 0 fully saturated rings. The van der Waals surface area contributed by atoms with Crippen LogP contribution in [0.4, 0.5) is 11.4 Å². The minimum absolute atomic E-state index is 0.0171. The molecule has 188 valence electrons. The minimum Gasteiger partial charge on any atom is -0.478 e. The van der Waals surface area contributed by atoms with Crippen LogP contribution >= 0.6 is 0 Å². The summed E-state index contributed by atoms with van der Waals surface area (Å²) >= 11 is 0. The average Bonchev–Trinajstić information content (AvgIpc) is 2.85. The zero-order valence-electron chi connectivity index (χ0n) is 19.8. The summed E-state index contributed by atoms with van der Waals surface area (Å²) in [6.07, 6.45) is 0.0341. The van der Waals surface area contributed by atoms with E-state index in [-0.39, 0.29) is 48.3 Å². The number of ether oxygens (including phenoxy) is 2. The summed E-state index contributed by atoms with van der Waals surface area (Å²) in [4.78, 5) is 48.0. The van der Waals surface area contributed by atoms with Crippen molar-refractivity contribution in [3.63, 3.8) is 0 Å². The van der Waals surface area contributed by atoms with Crippen molar-refractivity contribution in [2.45, 2.75) is 26.7 Å². The predicted molar refractivity (Wildman–Crippen MR) is 131 cm³/mol. The summed E-state index contributed by atoms with van der Waals surface area (Å²) in [6.45, 7) is 3.66. The highest BCUT2D eigenvalue weighted by molar-refractivity contribution is 5.97. The standard InChI is InChI=1S/C26H26N2O8/c1-3-35-25(33)19-13-22(28-18-11-7-16(8-12-18)24(31)32)20(26(34)36-4-2)14-21(19)27-17-9-5-15(6-10-17)23(29)30/h5-12,27-28H,3-4,13-14H2,1-2H3,(H,29,30)(H,31,32). The monoisotopic (exact) mass is 494 g/mol. The molecule has 0 aromatic heterocycles. The maximum atomic E-state index is 12.8. The van der Waals surface area contributed by atoms with E-state index in [0.29, 0.717) is 22.8 Å². The molecule has 0 spiro atoms. The molecule has 0 radical (unpaired) electrons. The van der Waals surface area contributed by atoms with Crippen molar-refractivity contribution in [1.82, 2.24) is 0 Å². The van der Waals surface area contributed by atoms with Crippen LogP contribution in [-0.2, 0) is 19.1 Å².